The van der Waals surface area contributed by atoms with Crippen molar-refractivity contribution < 1.29 is 18.3 Å². The topological polar surface area (TPSA) is 99.5 Å². The smallest absolute Gasteiger partial charge is 0.270 e. The van der Waals surface area contributed by atoms with E-state index in [1.807, 2.05) is 66.9 Å². The summed E-state index contributed by atoms with van der Waals surface area (Å²) in [4.78, 5) is 17.7. The van der Waals surface area contributed by atoms with Crippen molar-refractivity contribution in [2.45, 2.75) is 27.0 Å². The molecule has 1 unspecified atom stereocenters. The predicted molar refractivity (Wildman–Crippen MR) is 156 cm³/mol. The number of carbonyl (C=O) groups is 1. The lowest BCUT2D eigenvalue weighted by molar-refractivity contribution is 0.0955. The quantitative estimate of drug-likeness (QED) is 0.175. The number of halogens is 1. The fraction of sp³-hybridized carbons (Fsp3) is 0.133. The van der Waals surface area contributed by atoms with Crippen LogP contribution in [0.5, 0.6) is 5.75 Å². The largest absolute Gasteiger partial charge is 0.754 e. The van der Waals surface area contributed by atoms with Gasteiger partial charge in [-0.15, -0.1) is 0 Å². The number of benzene rings is 4. The number of hydrogen-bond donors (Lipinski definition) is 1. The van der Waals surface area contributed by atoms with E-state index in [2.05, 4.69) is 10.4 Å². The first-order valence-electron chi connectivity index (χ1n) is 12.5. The first-order chi connectivity index (χ1) is 19.3. The van der Waals surface area contributed by atoms with Gasteiger partial charge >= 0.3 is 0 Å². The van der Waals surface area contributed by atoms with Crippen LogP contribution in [0.15, 0.2) is 91.0 Å². The summed E-state index contributed by atoms with van der Waals surface area (Å²) in [6.07, 6.45) is 0. The molecule has 1 atom stereocenters. The second kappa shape index (κ2) is 11.9. The number of nitrogens with one attached hydrogen (secondary N) is 1. The van der Waals surface area contributed by atoms with Gasteiger partial charge in [0.25, 0.3) is 5.91 Å². The Hall–Kier alpha value is -4.18. The molecule has 0 aliphatic heterocycles. The standard InChI is InChI=1S/C30H27ClN4O4S/c1-20-8-13-25(14-9-20)35(40(37)38)33-30(36)23-12-15-28-29(17-23)34(21(2)32-28)18-24-11-10-22(16-27(24)31)19-39-26-6-4-3-5-7-26/h3-17H,18-19H2,1-2H3,(H,33,36)(H,37,38)/p-1. The van der Waals surface area contributed by atoms with Gasteiger partial charge in [0, 0.05) is 10.6 Å². The minimum Gasteiger partial charge on any atom is -0.754 e. The minimum atomic E-state index is -2.72. The van der Waals surface area contributed by atoms with Gasteiger partial charge in [-0.3, -0.25) is 14.4 Å². The van der Waals surface area contributed by atoms with Crippen LogP contribution < -0.4 is 14.6 Å². The van der Waals surface area contributed by atoms with Gasteiger partial charge in [0.15, 0.2) is 0 Å². The predicted octanol–water partition coefficient (Wildman–Crippen LogP) is 5.88. The molecule has 0 aliphatic rings. The number of fused-ring (bicyclic) bond motifs is 1. The second-order valence-corrected chi connectivity index (χ2v) is 10.5. The molecule has 8 nitrogen and oxygen atoms in total. The molecule has 0 fully saturated rings. The van der Waals surface area contributed by atoms with Crippen LogP contribution in [-0.2, 0) is 24.4 Å². The van der Waals surface area contributed by atoms with E-state index < -0.39 is 17.2 Å². The first kappa shape index (κ1) is 27.4. The van der Waals surface area contributed by atoms with Crippen LogP contribution in [0.2, 0.25) is 5.02 Å². The van der Waals surface area contributed by atoms with Crippen molar-refractivity contribution in [3.63, 3.8) is 0 Å². The molecule has 1 amide bonds. The van der Waals surface area contributed by atoms with Crippen LogP contribution in [0.4, 0.5) is 5.69 Å². The van der Waals surface area contributed by atoms with Crippen molar-refractivity contribution in [1.82, 2.24) is 15.0 Å². The zero-order valence-electron chi connectivity index (χ0n) is 21.8. The lowest BCUT2D eigenvalue weighted by Crippen LogP contribution is -2.43. The average molecular weight is 574 g/mol. The Balaban J connectivity index is 1.36. The van der Waals surface area contributed by atoms with E-state index in [1.54, 1.807) is 42.5 Å². The van der Waals surface area contributed by atoms with E-state index in [0.717, 1.165) is 38.2 Å². The lowest BCUT2D eigenvalue weighted by Gasteiger charge is -2.26. The van der Waals surface area contributed by atoms with E-state index >= 15 is 0 Å². The van der Waals surface area contributed by atoms with E-state index in [0.29, 0.717) is 29.4 Å². The Morgan fingerprint density at radius 3 is 2.48 bits per heavy atom. The summed E-state index contributed by atoms with van der Waals surface area (Å²) in [6, 6.07) is 27.2. The van der Waals surface area contributed by atoms with Gasteiger partial charge in [-0.1, -0.05) is 59.6 Å². The summed E-state index contributed by atoms with van der Waals surface area (Å²) in [5.41, 5.74) is 7.30. The fourth-order valence-corrected chi connectivity index (χ4v) is 4.99. The molecule has 1 heterocycles. The summed E-state index contributed by atoms with van der Waals surface area (Å²) in [7, 11) is 0. The number of amides is 1. The van der Waals surface area contributed by atoms with Crippen LogP contribution in [0.1, 0.15) is 32.9 Å². The molecule has 40 heavy (non-hydrogen) atoms. The van der Waals surface area contributed by atoms with Crippen molar-refractivity contribution in [2.24, 2.45) is 0 Å². The van der Waals surface area contributed by atoms with Gasteiger partial charge in [0.05, 0.1) is 34.5 Å². The zero-order chi connectivity index (χ0) is 28.2. The Bertz CT molecular complexity index is 1690. The number of hydrogen-bond acceptors (Lipinski definition) is 5. The normalized spacial score (nSPS) is 11.8. The Morgan fingerprint density at radius 1 is 1.02 bits per heavy atom. The number of imidazole rings is 1. The maximum atomic E-state index is 13.1. The van der Waals surface area contributed by atoms with Crippen molar-refractivity contribution in [3.05, 3.63) is 124 Å². The number of ether oxygens (including phenoxy) is 1. The highest BCUT2D eigenvalue weighted by atomic mass is 35.5. The molecule has 0 spiro atoms. The number of carbonyl (C=O) groups excluding carboxylic acids is 1. The monoisotopic (exact) mass is 573 g/mol. The van der Waals surface area contributed by atoms with Crippen LogP contribution in [0.25, 0.3) is 11.0 Å². The molecule has 10 heteroatoms. The third-order valence-corrected chi connectivity index (χ3v) is 7.37. The summed E-state index contributed by atoms with van der Waals surface area (Å²) >= 11 is 3.93. The molecule has 1 N–H and O–H groups in total. The molecule has 0 saturated heterocycles. The van der Waals surface area contributed by atoms with Crippen LogP contribution >= 0.6 is 11.6 Å². The Kier molecular flexibility index (Phi) is 8.16. The summed E-state index contributed by atoms with van der Waals surface area (Å²) in [5, 5.41) is 0.593. The highest BCUT2D eigenvalue weighted by molar-refractivity contribution is 7.80. The maximum absolute atomic E-state index is 13.1. The number of rotatable bonds is 9. The third kappa shape index (κ3) is 6.17. The van der Waals surface area contributed by atoms with Gasteiger partial charge in [0.2, 0.25) is 0 Å². The maximum Gasteiger partial charge on any atom is 0.270 e. The molecule has 0 bridgehead atoms. The third-order valence-electron chi connectivity index (χ3n) is 6.42. The second-order valence-electron chi connectivity index (χ2n) is 9.26. The van der Waals surface area contributed by atoms with Gasteiger partial charge in [0.1, 0.15) is 18.2 Å². The van der Waals surface area contributed by atoms with Gasteiger partial charge in [-0.05, 0) is 73.5 Å². The number of nitrogens with zero attached hydrogens (tertiary/aromatic N) is 3. The van der Waals surface area contributed by atoms with Gasteiger partial charge in [-0.2, -0.15) is 0 Å². The number of hydrazine groups is 1. The van der Waals surface area contributed by atoms with Crippen molar-refractivity contribution >= 4 is 45.5 Å². The van der Waals surface area contributed by atoms with E-state index in [4.69, 9.17) is 16.3 Å². The lowest BCUT2D eigenvalue weighted by atomic mass is 10.1. The van der Waals surface area contributed by atoms with E-state index in [1.165, 1.54) is 0 Å². The Morgan fingerprint density at radius 2 is 1.77 bits per heavy atom. The SMILES string of the molecule is Cc1ccc(N(NC(=O)c2ccc3nc(C)n(Cc4ccc(COc5ccccc5)cc4Cl)c3c2)S(=O)[O-])cc1. The van der Waals surface area contributed by atoms with Crippen molar-refractivity contribution in [2.75, 3.05) is 4.41 Å². The highest BCUT2D eigenvalue weighted by Gasteiger charge is 2.17. The molecule has 204 valence electrons. The molecule has 0 saturated carbocycles. The first-order valence-corrected chi connectivity index (χ1v) is 13.9. The van der Waals surface area contributed by atoms with E-state index in [9.17, 15) is 13.6 Å². The molecule has 5 rings (SSSR count). The fourth-order valence-electron chi connectivity index (χ4n) is 4.27. The number of anilines is 1. The Labute approximate surface area is 239 Å². The van der Waals surface area contributed by atoms with Crippen molar-refractivity contribution in [1.29, 1.82) is 0 Å². The molecular formula is C30H26ClN4O4S-. The minimum absolute atomic E-state index is 0.288. The summed E-state index contributed by atoms with van der Waals surface area (Å²) in [6.45, 7) is 4.61. The highest BCUT2D eigenvalue weighted by Crippen LogP contribution is 2.25. The number of aryl methyl sites for hydroxylation is 2. The molecule has 0 aliphatic carbocycles. The molecule has 4 aromatic carbocycles. The number of aromatic nitrogens is 2. The van der Waals surface area contributed by atoms with Crippen LogP contribution in [0.3, 0.4) is 0 Å². The molecule has 1 aromatic heterocycles. The summed E-state index contributed by atoms with van der Waals surface area (Å²) < 4.78 is 32.3. The van der Waals surface area contributed by atoms with E-state index in [-0.39, 0.29) is 5.56 Å². The van der Waals surface area contributed by atoms with Gasteiger partial charge < -0.3 is 13.9 Å². The van der Waals surface area contributed by atoms with Gasteiger partial charge in [-0.25, -0.2) is 9.40 Å². The van der Waals surface area contributed by atoms with Crippen LogP contribution in [0, 0.1) is 13.8 Å². The average Bonchev–Trinajstić information content (AvgIpc) is 3.26. The molecular weight excluding hydrogens is 548 g/mol. The number of para-hydroxylation sites is 1. The molecule has 5 aromatic rings. The summed E-state index contributed by atoms with van der Waals surface area (Å²) in [5.74, 6) is 0.964. The molecule has 0 radical (unpaired) electrons. The van der Waals surface area contributed by atoms with Crippen LogP contribution in [-0.4, -0.2) is 24.2 Å². The zero-order valence-corrected chi connectivity index (χ0v) is 23.4. The van der Waals surface area contributed by atoms with Crippen molar-refractivity contribution in [3.8, 4) is 5.75 Å².